The molecule has 0 bridgehead atoms. The number of anilines is 1. The summed E-state index contributed by atoms with van der Waals surface area (Å²) >= 11 is 0. The number of aryl methyl sites for hydroxylation is 1. The van der Waals surface area contributed by atoms with Crippen molar-refractivity contribution in [2.75, 3.05) is 18.5 Å². The monoisotopic (exact) mass is 212 g/mol. The number of amides is 1. The van der Waals surface area contributed by atoms with Gasteiger partial charge in [-0.15, -0.1) is 0 Å². The summed E-state index contributed by atoms with van der Waals surface area (Å²) in [6.07, 6.45) is 0.492. The molecule has 1 aliphatic heterocycles. The molecule has 1 aromatic heterocycles. The maximum Gasteiger partial charge on any atom is 0.328 e. The molecule has 0 aliphatic carbocycles. The van der Waals surface area contributed by atoms with Gasteiger partial charge in [0.15, 0.2) is 5.82 Å². The number of ether oxygens (including phenoxy) is 1. The van der Waals surface area contributed by atoms with Gasteiger partial charge in [-0.3, -0.25) is 10.1 Å². The van der Waals surface area contributed by atoms with Crippen LogP contribution in [0.4, 0.5) is 6.01 Å². The molecular weight excluding hydrogens is 200 g/mol. The van der Waals surface area contributed by atoms with E-state index in [1.165, 1.54) is 0 Å². The van der Waals surface area contributed by atoms with Gasteiger partial charge in [-0.1, -0.05) is 5.16 Å². The normalized spacial score (nSPS) is 25.5. The lowest BCUT2D eigenvalue weighted by Gasteiger charge is -2.18. The fourth-order valence-corrected chi connectivity index (χ4v) is 1.33. The highest BCUT2D eigenvalue weighted by atomic mass is 16.5. The van der Waals surface area contributed by atoms with Crippen molar-refractivity contribution in [3.63, 3.8) is 0 Å². The van der Waals surface area contributed by atoms with E-state index in [0.29, 0.717) is 18.9 Å². The molecule has 7 heteroatoms. The molecule has 1 amide bonds. The lowest BCUT2D eigenvalue weighted by atomic mass is 10.00. The third-order valence-electron chi connectivity index (χ3n) is 2.25. The molecule has 7 nitrogen and oxygen atoms in total. The molecule has 82 valence electrons. The van der Waals surface area contributed by atoms with E-state index in [2.05, 4.69) is 15.5 Å². The fraction of sp³-hybridized carbons (Fsp3) is 0.625. The minimum absolute atomic E-state index is 0.0641. The molecule has 15 heavy (non-hydrogen) atoms. The Balaban J connectivity index is 2.03. The van der Waals surface area contributed by atoms with Gasteiger partial charge in [0.25, 0.3) is 5.91 Å². The van der Waals surface area contributed by atoms with Crippen LogP contribution in [0.2, 0.25) is 0 Å². The number of aromatic nitrogens is 2. The summed E-state index contributed by atoms with van der Waals surface area (Å²) in [5.74, 6) is 0.0997. The molecule has 1 aliphatic rings. The number of hydrogen-bond donors (Lipinski definition) is 2. The summed E-state index contributed by atoms with van der Waals surface area (Å²) in [6, 6.07) is 0.0641. The summed E-state index contributed by atoms with van der Waals surface area (Å²) in [7, 11) is 0. The van der Waals surface area contributed by atoms with Gasteiger partial charge in [0.1, 0.15) is 5.54 Å². The highest BCUT2D eigenvalue weighted by molar-refractivity contribution is 5.96. The second-order valence-electron chi connectivity index (χ2n) is 3.56. The van der Waals surface area contributed by atoms with Crippen LogP contribution in [0.15, 0.2) is 4.52 Å². The number of hydrogen-bond acceptors (Lipinski definition) is 6. The van der Waals surface area contributed by atoms with E-state index in [-0.39, 0.29) is 18.5 Å². The first-order valence-electron chi connectivity index (χ1n) is 4.58. The summed E-state index contributed by atoms with van der Waals surface area (Å²) in [5, 5.41) is 6.01. The van der Waals surface area contributed by atoms with Crippen molar-refractivity contribution < 1.29 is 14.1 Å². The molecule has 0 spiro atoms. The Bertz CT molecular complexity index is 370. The number of nitrogens with zero attached hydrogens (tertiary/aromatic N) is 2. The average Bonchev–Trinajstić information content (AvgIpc) is 2.76. The maximum atomic E-state index is 11.7. The van der Waals surface area contributed by atoms with Gasteiger partial charge in [0, 0.05) is 6.61 Å². The minimum Gasteiger partial charge on any atom is -0.379 e. The Hall–Kier alpha value is -1.47. The van der Waals surface area contributed by atoms with Gasteiger partial charge < -0.3 is 15.0 Å². The first-order chi connectivity index (χ1) is 7.10. The summed E-state index contributed by atoms with van der Waals surface area (Å²) < 4.78 is 9.82. The van der Waals surface area contributed by atoms with Crippen molar-refractivity contribution in [3.05, 3.63) is 5.82 Å². The first kappa shape index (κ1) is 10.1. The second-order valence-corrected chi connectivity index (χ2v) is 3.56. The van der Waals surface area contributed by atoms with Crippen LogP contribution in [0.1, 0.15) is 12.2 Å². The molecule has 0 saturated carbocycles. The standard InChI is InChI=1S/C8H12N4O3/c1-5-10-7(15-12-5)11-6(13)8(9)2-3-14-4-8/h2-4,9H2,1H3,(H,10,11,12,13). The van der Waals surface area contributed by atoms with Gasteiger partial charge in [0.2, 0.25) is 0 Å². The Morgan fingerprint density at radius 3 is 3.00 bits per heavy atom. The Labute approximate surface area is 86.0 Å². The number of carbonyl (C=O) groups is 1. The SMILES string of the molecule is Cc1noc(NC(=O)C2(N)CCOC2)n1. The Morgan fingerprint density at radius 1 is 1.67 bits per heavy atom. The third kappa shape index (κ3) is 1.97. The molecule has 1 atom stereocenters. The van der Waals surface area contributed by atoms with Crippen molar-refractivity contribution in [1.29, 1.82) is 0 Å². The topological polar surface area (TPSA) is 103 Å². The van der Waals surface area contributed by atoms with Crippen molar-refractivity contribution in [3.8, 4) is 0 Å². The minimum atomic E-state index is -0.984. The van der Waals surface area contributed by atoms with E-state index in [0.717, 1.165) is 0 Å². The van der Waals surface area contributed by atoms with Crippen LogP contribution in [-0.4, -0.2) is 34.8 Å². The van der Waals surface area contributed by atoms with Gasteiger partial charge >= 0.3 is 6.01 Å². The second kappa shape index (κ2) is 3.59. The van der Waals surface area contributed by atoms with Crippen LogP contribution in [-0.2, 0) is 9.53 Å². The van der Waals surface area contributed by atoms with E-state index < -0.39 is 5.54 Å². The quantitative estimate of drug-likeness (QED) is 0.680. The number of nitrogens with one attached hydrogen (secondary N) is 1. The van der Waals surface area contributed by atoms with Gasteiger partial charge in [-0.25, -0.2) is 0 Å². The largest absolute Gasteiger partial charge is 0.379 e. The van der Waals surface area contributed by atoms with Crippen LogP contribution in [0.5, 0.6) is 0 Å². The summed E-state index contributed by atoms with van der Waals surface area (Å²) in [4.78, 5) is 15.5. The van der Waals surface area contributed by atoms with E-state index in [9.17, 15) is 4.79 Å². The van der Waals surface area contributed by atoms with Gasteiger partial charge in [-0.2, -0.15) is 4.98 Å². The zero-order valence-corrected chi connectivity index (χ0v) is 8.32. The molecule has 1 unspecified atom stereocenters. The predicted octanol–water partition coefficient (Wildman–Crippen LogP) is -0.566. The zero-order valence-electron chi connectivity index (χ0n) is 8.32. The van der Waals surface area contributed by atoms with Crippen LogP contribution < -0.4 is 11.1 Å². The number of nitrogens with two attached hydrogens (primary N) is 1. The summed E-state index contributed by atoms with van der Waals surface area (Å²) in [6.45, 7) is 2.37. The van der Waals surface area contributed by atoms with E-state index in [4.69, 9.17) is 15.0 Å². The molecule has 2 heterocycles. The van der Waals surface area contributed by atoms with Crippen LogP contribution in [0.3, 0.4) is 0 Å². The fourth-order valence-electron chi connectivity index (χ4n) is 1.33. The first-order valence-corrected chi connectivity index (χ1v) is 4.58. The molecule has 1 saturated heterocycles. The van der Waals surface area contributed by atoms with E-state index >= 15 is 0 Å². The molecule has 0 radical (unpaired) electrons. The Morgan fingerprint density at radius 2 is 2.47 bits per heavy atom. The summed E-state index contributed by atoms with van der Waals surface area (Å²) in [5.41, 5.74) is 4.85. The highest BCUT2D eigenvalue weighted by Crippen LogP contribution is 2.17. The van der Waals surface area contributed by atoms with Crippen molar-refractivity contribution in [2.24, 2.45) is 5.73 Å². The molecule has 1 aromatic rings. The van der Waals surface area contributed by atoms with Crippen molar-refractivity contribution in [1.82, 2.24) is 10.1 Å². The van der Waals surface area contributed by atoms with Gasteiger partial charge in [-0.05, 0) is 13.3 Å². The molecular formula is C8H12N4O3. The zero-order chi connectivity index (χ0) is 10.9. The molecule has 3 N–H and O–H groups in total. The molecule has 1 fully saturated rings. The Kier molecular flexibility index (Phi) is 2.41. The van der Waals surface area contributed by atoms with Crippen LogP contribution >= 0.6 is 0 Å². The lowest BCUT2D eigenvalue weighted by molar-refractivity contribution is -0.121. The number of carbonyl (C=O) groups excluding carboxylic acids is 1. The average molecular weight is 212 g/mol. The van der Waals surface area contributed by atoms with Gasteiger partial charge in [0.05, 0.1) is 6.61 Å². The lowest BCUT2D eigenvalue weighted by Crippen LogP contribution is -2.51. The van der Waals surface area contributed by atoms with Crippen molar-refractivity contribution >= 4 is 11.9 Å². The highest BCUT2D eigenvalue weighted by Gasteiger charge is 2.38. The molecule has 0 aromatic carbocycles. The van der Waals surface area contributed by atoms with E-state index in [1.807, 2.05) is 0 Å². The third-order valence-corrected chi connectivity index (χ3v) is 2.25. The number of rotatable bonds is 2. The maximum absolute atomic E-state index is 11.7. The van der Waals surface area contributed by atoms with Crippen molar-refractivity contribution in [2.45, 2.75) is 18.9 Å². The smallest absolute Gasteiger partial charge is 0.328 e. The van der Waals surface area contributed by atoms with Crippen LogP contribution in [0, 0.1) is 6.92 Å². The van der Waals surface area contributed by atoms with E-state index in [1.54, 1.807) is 6.92 Å². The van der Waals surface area contributed by atoms with Crippen LogP contribution in [0.25, 0.3) is 0 Å². The molecule has 2 rings (SSSR count). The predicted molar refractivity (Wildman–Crippen MR) is 50.0 cm³/mol.